The van der Waals surface area contributed by atoms with Crippen molar-refractivity contribution in [2.75, 3.05) is 18.8 Å². The molecule has 0 aliphatic heterocycles. The van der Waals surface area contributed by atoms with E-state index in [1.165, 1.54) is 15.2 Å². The fourth-order valence-corrected chi connectivity index (χ4v) is 3.35. The molecule has 1 rings (SSSR count). The zero-order chi connectivity index (χ0) is 13.9. The van der Waals surface area contributed by atoms with E-state index in [4.69, 9.17) is 11.0 Å². The van der Waals surface area contributed by atoms with Gasteiger partial charge in [0.05, 0.1) is 18.3 Å². The van der Waals surface area contributed by atoms with Crippen LogP contribution in [0, 0.1) is 17.2 Å². The average Bonchev–Trinajstić information content (AvgIpc) is 2.65. The molecule has 7 nitrogen and oxygen atoms in total. The normalized spacial score (nSPS) is 13.5. The van der Waals surface area contributed by atoms with Gasteiger partial charge in [0.25, 0.3) is 10.0 Å². The van der Waals surface area contributed by atoms with E-state index in [9.17, 15) is 8.42 Å². The summed E-state index contributed by atoms with van der Waals surface area (Å²) in [6, 6.07) is 2.02. The quantitative estimate of drug-likeness (QED) is 0.822. The van der Waals surface area contributed by atoms with Crippen molar-refractivity contribution < 1.29 is 8.42 Å². The molecular formula is C10H17N5O2S. The molecular weight excluding hydrogens is 254 g/mol. The second-order valence-electron chi connectivity index (χ2n) is 4.03. The van der Waals surface area contributed by atoms with Crippen LogP contribution < -0.4 is 5.73 Å². The summed E-state index contributed by atoms with van der Waals surface area (Å²) in [6.07, 6.45) is 1.35. The lowest BCUT2D eigenvalue weighted by Gasteiger charge is -2.21. The van der Waals surface area contributed by atoms with Gasteiger partial charge < -0.3 is 10.3 Å². The third kappa shape index (κ3) is 2.63. The molecule has 100 valence electrons. The highest BCUT2D eigenvalue weighted by atomic mass is 32.2. The summed E-state index contributed by atoms with van der Waals surface area (Å²) in [5.41, 5.74) is 5.58. The molecule has 1 heterocycles. The number of hydrogen-bond donors (Lipinski definition) is 1. The first-order valence-corrected chi connectivity index (χ1v) is 6.95. The number of nitrogens with zero attached hydrogens (tertiary/aromatic N) is 4. The number of nitrogens with two attached hydrogens (primary N) is 1. The van der Waals surface area contributed by atoms with E-state index in [-0.39, 0.29) is 29.9 Å². The largest absolute Gasteiger partial charge is 0.381 e. The number of anilines is 1. The van der Waals surface area contributed by atoms with Crippen molar-refractivity contribution in [3.63, 3.8) is 0 Å². The molecule has 2 N–H and O–H groups in total. The van der Waals surface area contributed by atoms with Crippen molar-refractivity contribution in [2.45, 2.75) is 18.9 Å². The maximum absolute atomic E-state index is 12.4. The summed E-state index contributed by atoms with van der Waals surface area (Å²) in [6.45, 7) is 3.80. The van der Waals surface area contributed by atoms with Gasteiger partial charge in [-0.3, -0.25) is 0 Å². The van der Waals surface area contributed by atoms with Crippen LogP contribution in [0.25, 0.3) is 0 Å². The monoisotopic (exact) mass is 271 g/mol. The van der Waals surface area contributed by atoms with Crippen LogP contribution in [0.1, 0.15) is 13.8 Å². The summed E-state index contributed by atoms with van der Waals surface area (Å²) in [7, 11) is -2.15. The number of aryl methyl sites for hydroxylation is 1. The lowest BCUT2D eigenvalue weighted by molar-refractivity contribution is 0.396. The van der Waals surface area contributed by atoms with E-state index < -0.39 is 10.0 Å². The molecule has 18 heavy (non-hydrogen) atoms. The summed E-state index contributed by atoms with van der Waals surface area (Å²) < 4.78 is 27.4. The molecule has 0 saturated carbocycles. The van der Waals surface area contributed by atoms with E-state index in [1.807, 2.05) is 6.07 Å². The number of hydrogen-bond acceptors (Lipinski definition) is 5. The minimum Gasteiger partial charge on any atom is -0.381 e. The molecule has 8 heteroatoms. The Hall–Kier alpha value is -1.59. The van der Waals surface area contributed by atoms with Crippen molar-refractivity contribution in [1.82, 2.24) is 13.9 Å². The maximum Gasteiger partial charge on any atom is 0.262 e. The minimum absolute atomic E-state index is 0.0273. The van der Waals surface area contributed by atoms with Crippen LogP contribution in [0.15, 0.2) is 11.4 Å². The summed E-state index contributed by atoms with van der Waals surface area (Å²) in [5, 5.41) is 8.74. The second kappa shape index (κ2) is 5.37. The Balaban J connectivity index is 3.16. The van der Waals surface area contributed by atoms with Crippen molar-refractivity contribution in [3.05, 3.63) is 6.33 Å². The van der Waals surface area contributed by atoms with Gasteiger partial charge >= 0.3 is 0 Å². The third-order valence-corrected chi connectivity index (χ3v) is 4.62. The maximum atomic E-state index is 12.4. The molecule has 0 fully saturated rings. The molecule has 0 aliphatic rings. The van der Waals surface area contributed by atoms with Crippen molar-refractivity contribution in [2.24, 2.45) is 13.0 Å². The standard InChI is InChI=1S/C10H17N5O2S/c1-4-15(6-8(2)5-11)18(16,17)10-9(12)13-7-14(10)3/h7-8H,4,6,12H2,1-3H3. The molecule has 0 amide bonds. The molecule has 0 aliphatic carbocycles. The molecule has 0 radical (unpaired) electrons. The van der Waals surface area contributed by atoms with E-state index in [2.05, 4.69) is 4.98 Å². The lowest BCUT2D eigenvalue weighted by Crippen LogP contribution is -2.35. The smallest absolute Gasteiger partial charge is 0.262 e. The fourth-order valence-electron chi connectivity index (χ4n) is 1.62. The first-order valence-electron chi connectivity index (χ1n) is 5.51. The Morgan fingerprint density at radius 2 is 2.28 bits per heavy atom. The average molecular weight is 271 g/mol. The Morgan fingerprint density at radius 1 is 1.67 bits per heavy atom. The van der Waals surface area contributed by atoms with Crippen LogP contribution in [-0.4, -0.2) is 35.4 Å². The number of nitrogen functional groups attached to an aromatic ring is 1. The van der Waals surface area contributed by atoms with Crippen LogP contribution in [0.2, 0.25) is 0 Å². The molecule has 0 spiro atoms. The van der Waals surface area contributed by atoms with Crippen LogP contribution in [-0.2, 0) is 17.1 Å². The predicted molar refractivity (Wildman–Crippen MR) is 66.8 cm³/mol. The zero-order valence-electron chi connectivity index (χ0n) is 10.7. The zero-order valence-corrected chi connectivity index (χ0v) is 11.5. The Bertz CT molecular complexity index is 538. The van der Waals surface area contributed by atoms with Crippen LogP contribution in [0.3, 0.4) is 0 Å². The van der Waals surface area contributed by atoms with Gasteiger partial charge in [0.2, 0.25) is 0 Å². The number of nitriles is 1. The van der Waals surface area contributed by atoms with Gasteiger partial charge in [0.15, 0.2) is 10.8 Å². The molecule has 1 atom stereocenters. The molecule has 0 saturated heterocycles. The lowest BCUT2D eigenvalue weighted by atomic mass is 10.2. The van der Waals surface area contributed by atoms with E-state index >= 15 is 0 Å². The molecule has 0 aromatic carbocycles. The van der Waals surface area contributed by atoms with E-state index in [0.29, 0.717) is 0 Å². The van der Waals surface area contributed by atoms with Gasteiger partial charge in [-0.1, -0.05) is 6.92 Å². The van der Waals surface area contributed by atoms with Gasteiger partial charge in [-0.2, -0.15) is 9.57 Å². The van der Waals surface area contributed by atoms with Crippen molar-refractivity contribution >= 4 is 15.8 Å². The predicted octanol–water partition coefficient (Wildman–Crippen LogP) is 0.173. The summed E-state index contributed by atoms with van der Waals surface area (Å²) >= 11 is 0. The number of imidazole rings is 1. The fraction of sp³-hybridized carbons (Fsp3) is 0.600. The third-order valence-electron chi connectivity index (χ3n) is 2.54. The van der Waals surface area contributed by atoms with Gasteiger partial charge in [-0.25, -0.2) is 13.4 Å². The van der Waals surface area contributed by atoms with Crippen LogP contribution in [0.4, 0.5) is 5.82 Å². The van der Waals surface area contributed by atoms with Gasteiger partial charge in [-0.15, -0.1) is 0 Å². The van der Waals surface area contributed by atoms with Crippen LogP contribution >= 0.6 is 0 Å². The first kappa shape index (κ1) is 14.5. The van der Waals surface area contributed by atoms with E-state index in [1.54, 1.807) is 20.9 Å². The van der Waals surface area contributed by atoms with E-state index in [0.717, 1.165) is 0 Å². The minimum atomic E-state index is -3.72. The summed E-state index contributed by atoms with van der Waals surface area (Å²) in [4.78, 5) is 3.77. The van der Waals surface area contributed by atoms with Crippen molar-refractivity contribution in [3.8, 4) is 6.07 Å². The van der Waals surface area contributed by atoms with Gasteiger partial charge in [0.1, 0.15) is 0 Å². The Morgan fingerprint density at radius 3 is 2.67 bits per heavy atom. The Labute approximate surface area is 107 Å². The summed E-state index contributed by atoms with van der Waals surface area (Å²) in [5.74, 6) is -0.408. The van der Waals surface area contributed by atoms with Crippen LogP contribution in [0.5, 0.6) is 0 Å². The SMILES string of the molecule is CCN(CC(C)C#N)S(=O)(=O)c1c(N)ncn1C. The molecule has 0 bridgehead atoms. The first-order chi connectivity index (χ1) is 8.34. The molecule has 1 aromatic heterocycles. The molecule has 1 unspecified atom stereocenters. The Kier molecular flexibility index (Phi) is 4.32. The highest BCUT2D eigenvalue weighted by Gasteiger charge is 2.29. The topological polar surface area (TPSA) is 105 Å². The number of aromatic nitrogens is 2. The highest BCUT2D eigenvalue weighted by Crippen LogP contribution is 2.21. The highest BCUT2D eigenvalue weighted by molar-refractivity contribution is 7.89. The number of rotatable bonds is 5. The van der Waals surface area contributed by atoms with Crippen molar-refractivity contribution in [1.29, 1.82) is 5.26 Å². The van der Waals surface area contributed by atoms with Gasteiger partial charge in [0, 0.05) is 20.1 Å². The molecule has 1 aromatic rings. The second-order valence-corrected chi connectivity index (χ2v) is 5.88. The number of sulfonamides is 1. The van der Waals surface area contributed by atoms with Gasteiger partial charge in [-0.05, 0) is 6.92 Å².